The fourth-order valence-electron chi connectivity index (χ4n) is 4.19. The number of hydrogen-bond acceptors (Lipinski definition) is 4. The lowest BCUT2D eigenvalue weighted by Crippen LogP contribution is -2.37. The predicted molar refractivity (Wildman–Crippen MR) is 95.3 cm³/mol. The van der Waals surface area contributed by atoms with Crippen LogP contribution in [0.25, 0.3) is 0 Å². The highest BCUT2D eigenvalue weighted by Crippen LogP contribution is 2.56. The van der Waals surface area contributed by atoms with Crippen molar-refractivity contribution >= 4 is 11.3 Å². The van der Waals surface area contributed by atoms with E-state index in [2.05, 4.69) is 21.8 Å². The van der Waals surface area contributed by atoms with Crippen LogP contribution in [0.15, 0.2) is 29.8 Å². The van der Waals surface area contributed by atoms with Gasteiger partial charge in [0.1, 0.15) is 16.6 Å². The predicted octanol–water partition coefficient (Wildman–Crippen LogP) is 3.91. The van der Waals surface area contributed by atoms with Gasteiger partial charge in [0.05, 0.1) is 6.54 Å². The van der Waals surface area contributed by atoms with E-state index in [-0.39, 0.29) is 0 Å². The molecule has 2 heterocycles. The summed E-state index contributed by atoms with van der Waals surface area (Å²) in [6, 6.07) is 4.53. The lowest BCUT2D eigenvalue weighted by molar-refractivity contribution is 0.138. The summed E-state index contributed by atoms with van der Waals surface area (Å²) >= 11 is 1.71. The van der Waals surface area contributed by atoms with Gasteiger partial charge in [-0.3, -0.25) is 9.80 Å². The molecule has 1 aromatic heterocycles. The zero-order valence-electron chi connectivity index (χ0n) is 14.4. The average molecular weight is 363 g/mol. The normalized spacial score (nSPS) is 22.6. The van der Waals surface area contributed by atoms with Crippen LogP contribution in [-0.2, 0) is 13.1 Å². The van der Waals surface area contributed by atoms with E-state index in [1.54, 1.807) is 17.4 Å². The Morgan fingerprint density at radius 1 is 1.32 bits per heavy atom. The lowest BCUT2D eigenvalue weighted by Gasteiger charge is -2.34. The molecule has 134 valence electrons. The molecule has 1 atom stereocenters. The SMILES string of the molecule is CN(Cc1nccs1)C1CC12CCN(Cc1ccc(F)cc1F)CC2. The summed E-state index contributed by atoms with van der Waals surface area (Å²) in [7, 11) is 2.20. The number of aromatic nitrogens is 1. The van der Waals surface area contributed by atoms with Gasteiger partial charge >= 0.3 is 0 Å². The highest BCUT2D eigenvalue weighted by Gasteiger charge is 2.56. The third-order valence-electron chi connectivity index (χ3n) is 5.81. The number of thiazole rings is 1. The van der Waals surface area contributed by atoms with Crippen molar-refractivity contribution in [3.63, 3.8) is 0 Å². The smallest absolute Gasteiger partial charge is 0.130 e. The van der Waals surface area contributed by atoms with E-state index in [9.17, 15) is 8.78 Å². The summed E-state index contributed by atoms with van der Waals surface area (Å²) in [6.45, 7) is 3.47. The molecule has 3 nitrogen and oxygen atoms in total. The number of likely N-dealkylation sites (tertiary alicyclic amines) is 1. The Labute approximate surface area is 151 Å². The van der Waals surface area contributed by atoms with Gasteiger partial charge in [0.2, 0.25) is 0 Å². The molecule has 1 saturated heterocycles. The molecule has 1 unspecified atom stereocenters. The summed E-state index contributed by atoms with van der Waals surface area (Å²) in [6.07, 6.45) is 5.43. The van der Waals surface area contributed by atoms with Gasteiger partial charge in [-0.1, -0.05) is 6.07 Å². The Morgan fingerprint density at radius 2 is 2.12 bits per heavy atom. The molecule has 2 aromatic rings. The van der Waals surface area contributed by atoms with Crippen LogP contribution < -0.4 is 0 Å². The summed E-state index contributed by atoms with van der Waals surface area (Å²) < 4.78 is 26.9. The van der Waals surface area contributed by atoms with Gasteiger partial charge in [0.15, 0.2) is 0 Å². The molecule has 1 aromatic carbocycles. The molecule has 4 rings (SSSR count). The van der Waals surface area contributed by atoms with E-state index in [1.807, 2.05) is 11.6 Å². The maximum Gasteiger partial charge on any atom is 0.130 e. The number of halogens is 2. The van der Waals surface area contributed by atoms with Crippen LogP contribution in [0.3, 0.4) is 0 Å². The van der Waals surface area contributed by atoms with Gasteiger partial charge in [-0.2, -0.15) is 0 Å². The molecule has 25 heavy (non-hydrogen) atoms. The molecule has 1 aliphatic carbocycles. The van der Waals surface area contributed by atoms with Crippen molar-refractivity contribution in [2.45, 2.75) is 38.4 Å². The van der Waals surface area contributed by atoms with Crippen LogP contribution in [-0.4, -0.2) is 41.0 Å². The minimum atomic E-state index is -0.511. The number of benzene rings is 1. The molecular formula is C19H23F2N3S. The first-order chi connectivity index (χ1) is 12.1. The van der Waals surface area contributed by atoms with Crippen LogP contribution in [0, 0.1) is 17.0 Å². The Morgan fingerprint density at radius 3 is 2.80 bits per heavy atom. The molecule has 0 bridgehead atoms. The van der Waals surface area contributed by atoms with Gasteiger partial charge in [0.25, 0.3) is 0 Å². The molecule has 2 aliphatic rings. The zero-order chi connectivity index (χ0) is 17.4. The summed E-state index contributed by atoms with van der Waals surface area (Å²) in [5, 5.41) is 3.20. The van der Waals surface area contributed by atoms with Crippen molar-refractivity contribution < 1.29 is 8.78 Å². The quantitative estimate of drug-likeness (QED) is 0.803. The molecular weight excluding hydrogens is 340 g/mol. The Bertz CT molecular complexity index is 726. The minimum Gasteiger partial charge on any atom is -0.299 e. The highest BCUT2D eigenvalue weighted by atomic mass is 32.1. The molecule has 0 radical (unpaired) electrons. The van der Waals surface area contributed by atoms with E-state index in [0.717, 1.165) is 38.5 Å². The monoisotopic (exact) mass is 363 g/mol. The Kier molecular flexibility index (Phi) is 4.60. The molecule has 1 aliphatic heterocycles. The van der Waals surface area contributed by atoms with Crippen molar-refractivity contribution in [2.24, 2.45) is 5.41 Å². The topological polar surface area (TPSA) is 19.4 Å². The fraction of sp³-hybridized carbons (Fsp3) is 0.526. The third kappa shape index (κ3) is 3.61. The second kappa shape index (κ2) is 6.74. The van der Waals surface area contributed by atoms with Crippen LogP contribution in [0.5, 0.6) is 0 Å². The van der Waals surface area contributed by atoms with Crippen molar-refractivity contribution in [3.05, 3.63) is 52.0 Å². The van der Waals surface area contributed by atoms with Gasteiger partial charge in [-0.15, -0.1) is 11.3 Å². The van der Waals surface area contributed by atoms with E-state index in [4.69, 9.17) is 0 Å². The van der Waals surface area contributed by atoms with E-state index in [1.165, 1.54) is 17.5 Å². The van der Waals surface area contributed by atoms with Crippen LogP contribution in [0.1, 0.15) is 29.8 Å². The second-order valence-corrected chi connectivity index (χ2v) is 8.41. The molecule has 1 spiro atoms. The standard InChI is InChI=1S/C19H23F2N3S/c1-23(13-18-22-6-9-25-18)17-11-19(17)4-7-24(8-5-19)12-14-2-3-15(20)10-16(14)21/h2-3,6,9-10,17H,4-5,7-8,11-13H2,1H3. The zero-order valence-corrected chi connectivity index (χ0v) is 15.2. The van der Waals surface area contributed by atoms with Crippen LogP contribution >= 0.6 is 11.3 Å². The largest absolute Gasteiger partial charge is 0.299 e. The summed E-state index contributed by atoms with van der Waals surface area (Å²) in [5.74, 6) is -0.948. The summed E-state index contributed by atoms with van der Waals surface area (Å²) in [4.78, 5) is 9.11. The Hall–Kier alpha value is -1.37. The number of hydrogen-bond donors (Lipinski definition) is 0. The van der Waals surface area contributed by atoms with Gasteiger partial charge in [-0.05, 0) is 50.9 Å². The minimum absolute atomic E-state index is 0.434. The third-order valence-corrected chi connectivity index (χ3v) is 6.57. The maximum absolute atomic E-state index is 13.8. The van der Waals surface area contributed by atoms with Crippen molar-refractivity contribution in [1.82, 2.24) is 14.8 Å². The number of piperidine rings is 1. The molecule has 2 fully saturated rings. The van der Waals surface area contributed by atoms with Crippen molar-refractivity contribution in [1.29, 1.82) is 0 Å². The number of nitrogens with zero attached hydrogens (tertiary/aromatic N) is 3. The number of rotatable bonds is 5. The molecule has 6 heteroatoms. The second-order valence-electron chi connectivity index (χ2n) is 7.44. The van der Waals surface area contributed by atoms with Crippen LogP contribution in [0.4, 0.5) is 8.78 Å². The fourth-order valence-corrected chi connectivity index (χ4v) is 4.87. The highest BCUT2D eigenvalue weighted by molar-refractivity contribution is 7.09. The lowest BCUT2D eigenvalue weighted by atomic mass is 9.92. The average Bonchev–Trinajstić information content (AvgIpc) is 3.04. The van der Waals surface area contributed by atoms with Gasteiger partial charge in [0, 0.05) is 35.8 Å². The van der Waals surface area contributed by atoms with Crippen molar-refractivity contribution in [3.8, 4) is 0 Å². The Balaban J connectivity index is 1.30. The first-order valence-electron chi connectivity index (χ1n) is 8.81. The first-order valence-corrected chi connectivity index (χ1v) is 9.69. The summed E-state index contributed by atoms with van der Waals surface area (Å²) in [5.41, 5.74) is 1.02. The first kappa shape index (κ1) is 17.1. The van der Waals surface area contributed by atoms with Crippen LogP contribution in [0.2, 0.25) is 0 Å². The van der Waals surface area contributed by atoms with Gasteiger partial charge in [-0.25, -0.2) is 13.8 Å². The van der Waals surface area contributed by atoms with Gasteiger partial charge < -0.3 is 0 Å². The molecule has 0 N–H and O–H groups in total. The molecule has 0 amide bonds. The maximum atomic E-state index is 13.8. The molecule has 1 saturated carbocycles. The van der Waals surface area contributed by atoms with E-state index >= 15 is 0 Å². The van der Waals surface area contributed by atoms with E-state index in [0.29, 0.717) is 23.6 Å². The van der Waals surface area contributed by atoms with E-state index < -0.39 is 11.6 Å². The van der Waals surface area contributed by atoms with Crippen molar-refractivity contribution in [2.75, 3.05) is 20.1 Å².